The summed E-state index contributed by atoms with van der Waals surface area (Å²) in [5.74, 6) is 1.82. The molecule has 0 bridgehead atoms. The van der Waals surface area contributed by atoms with Gasteiger partial charge in [0.2, 0.25) is 0 Å². The Kier molecular flexibility index (Phi) is 4.43. The monoisotopic (exact) mass is 209 g/mol. The van der Waals surface area contributed by atoms with Crippen molar-refractivity contribution in [2.75, 3.05) is 20.8 Å². The molecule has 0 amide bonds. The lowest BCUT2D eigenvalue weighted by Gasteiger charge is -2.14. The van der Waals surface area contributed by atoms with Gasteiger partial charge in [-0.05, 0) is 44.0 Å². The number of nitrogens with two attached hydrogens (primary N) is 1. The fourth-order valence-electron chi connectivity index (χ4n) is 1.71. The Bertz CT molecular complexity index is 324. The van der Waals surface area contributed by atoms with Crippen molar-refractivity contribution in [3.63, 3.8) is 0 Å². The van der Waals surface area contributed by atoms with Crippen molar-refractivity contribution in [1.82, 2.24) is 0 Å². The number of hydrogen-bond donors (Lipinski definition) is 1. The zero-order valence-electron chi connectivity index (χ0n) is 9.67. The normalized spacial score (nSPS) is 10.1. The fourth-order valence-corrected chi connectivity index (χ4v) is 1.71. The Morgan fingerprint density at radius 1 is 1.13 bits per heavy atom. The van der Waals surface area contributed by atoms with E-state index in [4.69, 9.17) is 15.2 Å². The van der Waals surface area contributed by atoms with Crippen LogP contribution >= 0.6 is 0 Å². The van der Waals surface area contributed by atoms with Gasteiger partial charge in [-0.3, -0.25) is 0 Å². The molecule has 2 N–H and O–H groups in total. The molecule has 0 heterocycles. The molecule has 0 aliphatic carbocycles. The van der Waals surface area contributed by atoms with Crippen molar-refractivity contribution in [1.29, 1.82) is 0 Å². The van der Waals surface area contributed by atoms with Crippen LogP contribution in [0.15, 0.2) is 12.1 Å². The maximum Gasteiger partial charge on any atom is 0.122 e. The largest absolute Gasteiger partial charge is 0.496 e. The number of rotatable bonds is 5. The number of benzene rings is 1. The predicted molar refractivity (Wildman–Crippen MR) is 61.7 cm³/mol. The SMILES string of the molecule is COc1ccc(OC)c(CCCN)c1C. The van der Waals surface area contributed by atoms with Crippen LogP contribution in [0, 0.1) is 6.92 Å². The molecule has 0 radical (unpaired) electrons. The third-order valence-corrected chi connectivity index (χ3v) is 2.58. The molecule has 84 valence electrons. The van der Waals surface area contributed by atoms with Gasteiger partial charge in [0.15, 0.2) is 0 Å². The van der Waals surface area contributed by atoms with E-state index < -0.39 is 0 Å². The van der Waals surface area contributed by atoms with E-state index in [0.717, 1.165) is 29.9 Å². The van der Waals surface area contributed by atoms with Gasteiger partial charge in [-0.1, -0.05) is 0 Å². The van der Waals surface area contributed by atoms with Gasteiger partial charge in [0.25, 0.3) is 0 Å². The van der Waals surface area contributed by atoms with E-state index in [0.29, 0.717) is 6.54 Å². The van der Waals surface area contributed by atoms with Gasteiger partial charge in [-0.2, -0.15) is 0 Å². The molecule has 0 atom stereocenters. The summed E-state index contributed by atoms with van der Waals surface area (Å²) in [5, 5.41) is 0. The standard InChI is InChI=1S/C12H19NO2/c1-9-10(5-4-8-13)12(15-3)7-6-11(9)14-2/h6-7H,4-5,8,13H2,1-3H3. The van der Waals surface area contributed by atoms with Gasteiger partial charge in [0, 0.05) is 5.56 Å². The zero-order chi connectivity index (χ0) is 11.3. The maximum atomic E-state index is 5.52. The summed E-state index contributed by atoms with van der Waals surface area (Å²) in [5.41, 5.74) is 7.86. The van der Waals surface area contributed by atoms with Gasteiger partial charge in [0.05, 0.1) is 14.2 Å². The molecule has 15 heavy (non-hydrogen) atoms. The summed E-state index contributed by atoms with van der Waals surface area (Å²) in [6.45, 7) is 2.74. The maximum absolute atomic E-state index is 5.52. The quantitative estimate of drug-likeness (QED) is 0.805. The molecule has 1 aromatic rings. The molecule has 0 aliphatic rings. The molecule has 0 saturated heterocycles. The highest BCUT2D eigenvalue weighted by Gasteiger charge is 2.10. The Labute approximate surface area is 91.2 Å². The third kappa shape index (κ3) is 2.63. The van der Waals surface area contributed by atoms with Crippen molar-refractivity contribution in [3.05, 3.63) is 23.3 Å². The summed E-state index contributed by atoms with van der Waals surface area (Å²) in [6.07, 6.45) is 1.90. The Balaban J connectivity index is 3.05. The van der Waals surface area contributed by atoms with Gasteiger partial charge in [-0.15, -0.1) is 0 Å². The highest BCUT2D eigenvalue weighted by Crippen LogP contribution is 2.30. The minimum Gasteiger partial charge on any atom is -0.496 e. The van der Waals surface area contributed by atoms with Gasteiger partial charge < -0.3 is 15.2 Å². The minimum absolute atomic E-state index is 0.694. The molecule has 1 aromatic carbocycles. The molecule has 3 nitrogen and oxygen atoms in total. The summed E-state index contributed by atoms with van der Waals surface area (Å²) in [4.78, 5) is 0. The molecule has 0 unspecified atom stereocenters. The van der Waals surface area contributed by atoms with Crippen LogP contribution in [0.3, 0.4) is 0 Å². The summed E-state index contributed by atoms with van der Waals surface area (Å²) in [7, 11) is 3.37. The van der Waals surface area contributed by atoms with E-state index in [1.165, 1.54) is 5.56 Å². The van der Waals surface area contributed by atoms with Gasteiger partial charge >= 0.3 is 0 Å². The van der Waals surface area contributed by atoms with Crippen molar-refractivity contribution in [3.8, 4) is 11.5 Å². The van der Waals surface area contributed by atoms with Crippen LogP contribution in [-0.2, 0) is 6.42 Å². The van der Waals surface area contributed by atoms with Crippen LogP contribution in [0.2, 0.25) is 0 Å². The first-order chi connectivity index (χ1) is 7.24. The Hall–Kier alpha value is -1.22. The molecule has 0 fully saturated rings. The van der Waals surface area contributed by atoms with Gasteiger partial charge in [-0.25, -0.2) is 0 Å². The van der Waals surface area contributed by atoms with E-state index in [9.17, 15) is 0 Å². The average Bonchev–Trinajstić information content (AvgIpc) is 2.27. The van der Waals surface area contributed by atoms with Crippen LogP contribution in [0.1, 0.15) is 17.5 Å². The van der Waals surface area contributed by atoms with Crippen molar-refractivity contribution in [2.24, 2.45) is 5.73 Å². The van der Waals surface area contributed by atoms with Crippen LogP contribution in [0.25, 0.3) is 0 Å². The topological polar surface area (TPSA) is 44.5 Å². The molecular formula is C12H19NO2. The first kappa shape index (κ1) is 11.9. The molecule has 0 aromatic heterocycles. The smallest absolute Gasteiger partial charge is 0.122 e. The van der Waals surface area contributed by atoms with Crippen LogP contribution in [0.5, 0.6) is 11.5 Å². The van der Waals surface area contributed by atoms with E-state index in [2.05, 4.69) is 0 Å². The highest BCUT2D eigenvalue weighted by atomic mass is 16.5. The summed E-state index contributed by atoms with van der Waals surface area (Å²) >= 11 is 0. The van der Waals surface area contributed by atoms with E-state index in [1.54, 1.807) is 14.2 Å². The summed E-state index contributed by atoms with van der Waals surface area (Å²) < 4.78 is 10.6. The number of hydrogen-bond acceptors (Lipinski definition) is 3. The molecule has 1 rings (SSSR count). The Morgan fingerprint density at radius 3 is 2.27 bits per heavy atom. The predicted octanol–water partition coefficient (Wildman–Crippen LogP) is 1.90. The second-order valence-electron chi connectivity index (χ2n) is 3.47. The van der Waals surface area contributed by atoms with E-state index in [-0.39, 0.29) is 0 Å². The lowest BCUT2D eigenvalue weighted by molar-refractivity contribution is 0.395. The third-order valence-electron chi connectivity index (χ3n) is 2.58. The second-order valence-corrected chi connectivity index (χ2v) is 3.47. The molecule has 0 aliphatic heterocycles. The zero-order valence-corrected chi connectivity index (χ0v) is 9.67. The van der Waals surface area contributed by atoms with Crippen molar-refractivity contribution in [2.45, 2.75) is 19.8 Å². The summed E-state index contributed by atoms with van der Waals surface area (Å²) in [6, 6.07) is 3.87. The Morgan fingerprint density at radius 2 is 1.73 bits per heavy atom. The van der Waals surface area contributed by atoms with Gasteiger partial charge in [0.1, 0.15) is 11.5 Å². The lowest BCUT2D eigenvalue weighted by Crippen LogP contribution is -2.04. The minimum atomic E-state index is 0.694. The number of methoxy groups -OCH3 is 2. The van der Waals surface area contributed by atoms with E-state index in [1.807, 2.05) is 19.1 Å². The first-order valence-corrected chi connectivity index (χ1v) is 5.15. The number of ether oxygens (including phenoxy) is 2. The average molecular weight is 209 g/mol. The fraction of sp³-hybridized carbons (Fsp3) is 0.500. The van der Waals surface area contributed by atoms with Crippen LogP contribution in [-0.4, -0.2) is 20.8 Å². The first-order valence-electron chi connectivity index (χ1n) is 5.15. The second kappa shape index (κ2) is 5.61. The van der Waals surface area contributed by atoms with Crippen molar-refractivity contribution >= 4 is 0 Å². The van der Waals surface area contributed by atoms with Crippen LogP contribution < -0.4 is 15.2 Å². The molecule has 0 spiro atoms. The van der Waals surface area contributed by atoms with Crippen LogP contribution in [0.4, 0.5) is 0 Å². The van der Waals surface area contributed by atoms with E-state index >= 15 is 0 Å². The van der Waals surface area contributed by atoms with Crippen molar-refractivity contribution < 1.29 is 9.47 Å². The molecule has 0 saturated carbocycles. The highest BCUT2D eigenvalue weighted by molar-refractivity contribution is 5.48. The lowest BCUT2D eigenvalue weighted by atomic mass is 10.0. The molecule has 3 heteroatoms. The molecular weight excluding hydrogens is 190 g/mol.